The van der Waals surface area contributed by atoms with E-state index in [9.17, 15) is 14.0 Å². The number of esters is 1. The van der Waals surface area contributed by atoms with Gasteiger partial charge in [0.05, 0.1) is 10.2 Å². The number of aryl methyl sites for hydroxylation is 1. The number of rotatable bonds is 3. The van der Waals surface area contributed by atoms with E-state index in [1.54, 1.807) is 12.3 Å². The fourth-order valence-electron chi connectivity index (χ4n) is 3.61. The van der Waals surface area contributed by atoms with Crippen LogP contribution in [0.1, 0.15) is 36.9 Å². The number of carbonyl (C=O) groups excluding carboxylic acids is 1. The molecule has 0 atom stereocenters. The van der Waals surface area contributed by atoms with Gasteiger partial charge in [-0.25, -0.2) is 4.39 Å². The van der Waals surface area contributed by atoms with Crippen LogP contribution in [0, 0.1) is 12.7 Å². The first-order valence-corrected chi connectivity index (χ1v) is 10.00. The minimum atomic E-state index is -0.553. The van der Waals surface area contributed by atoms with E-state index in [0.29, 0.717) is 21.3 Å². The molecule has 1 fully saturated rings. The third kappa shape index (κ3) is 2.91. The van der Waals surface area contributed by atoms with E-state index < -0.39 is 17.3 Å². The molecule has 0 aliphatic heterocycles. The first-order valence-electron chi connectivity index (χ1n) is 9.22. The quantitative estimate of drug-likeness (QED) is 0.474. The molecule has 6 nitrogen and oxygen atoms in total. The molecular weight excluding hydrogens is 393 g/mol. The molecule has 0 aromatic carbocycles. The van der Waals surface area contributed by atoms with Gasteiger partial charge in [-0.2, -0.15) is 4.37 Å². The number of aromatic nitrogens is 3. The van der Waals surface area contributed by atoms with Gasteiger partial charge in [-0.05, 0) is 54.9 Å². The van der Waals surface area contributed by atoms with Gasteiger partial charge in [0.15, 0.2) is 0 Å². The van der Waals surface area contributed by atoms with Crippen molar-refractivity contribution in [3.63, 3.8) is 0 Å². The monoisotopic (exact) mass is 409 g/mol. The summed E-state index contributed by atoms with van der Waals surface area (Å²) in [6, 6.07) is 5.35. The highest BCUT2D eigenvalue weighted by Gasteiger charge is 2.32. The predicted molar refractivity (Wildman–Crippen MR) is 108 cm³/mol. The fraction of sp³-hybridized carbons (Fsp3) is 0.238. The number of ether oxygens (including phenoxy) is 1. The SMILES string of the molecule is CC(=O)Oc1nsc2c(C3CC3)c3cc(-c4ccc(C)nc4)c(F)cn3c(=O)c12. The van der Waals surface area contributed by atoms with Crippen LogP contribution in [0.4, 0.5) is 4.39 Å². The number of pyridine rings is 3. The van der Waals surface area contributed by atoms with Crippen molar-refractivity contribution in [3.05, 3.63) is 58.0 Å². The Morgan fingerprint density at radius 3 is 2.79 bits per heavy atom. The second-order valence-corrected chi connectivity index (χ2v) is 8.03. The Hall–Kier alpha value is -3.13. The molecule has 0 amide bonds. The summed E-state index contributed by atoms with van der Waals surface area (Å²) >= 11 is 1.14. The topological polar surface area (TPSA) is 73.6 Å². The maximum absolute atomic E-state index is 15.0. The van der Waals surface area contributed by atoms with Crippen LogP contribution in [0.3, 0.4) is 0 Å². The van der Waals surface area contributed by atoms with Crippen molar-refractivity contribution in [2.45, 2.75) is 32.6 Å². The molecule has 1 aliphatic carbocycles. The van der Waals surface area contributed by atoms with Crippen LogP contribution in [0.15, 0.2) is 35.4 Å². The standard InChI is InChI=1S/C21H16FN3O3S/c1-10-3-4-13(8-23-10)14-7-16-17(12-5-6-12)19-18(20(24-29-19)28-11(2)26)21(27)25(16)9-15(14)22/h3-4,7-9,12H,5-6H2,1-2H3. The van der Waals surface area contributed by atoms with Crippen LogP contribution >= 0.6 is 11.5 Å². The van der Waals surface area contributed by atoms with Gasteiger partial charge >= 0.3 is 5.97 Å². The number of halogens is 1. The van der Waals surface area contributed by atoms with Gasteiger partial charge < -0.3 is 4.74 Å². The van der Waals surface area contributed by atoms with E-state index in [2.05, 4.69) is 9.36 Å². The van der Waals surface area contributed by atoms with Crippen molar-refractivity contribution in [2.75, 3.05) is 0 Å². The van der Waals surface area contributed by atoms with Gasteiger partial charge in [0.1, 0.15) is 11.2 Å². The lowest BCUT2D eigenvalue weighted by Gasteiger charge is -2.12. The summed E-state index contributed by atoms with van der Waals surface area (Å²) in [6.45, 7) is 3.12. The van der Waals surface area contributed by atoms with Gasteiger partial charge in [-0.3, -0.25) is 19.0 Å². The Bertz CT molecular complexity index is 1350. The molecule has 0 bridgehead atoms. The number of fused-ring (bicyclic) bond motifs is 2. The molecule has 0 unspecified atom stereocenters. The lowest BCUT2D eigenvalue weighted by Crippen LogP contribution is -2.17. The molecule has 4 heterocycles. The summed E-state index contributed by atoms with van der Waals surface area (Å²) in [4.78, 5) is 28.8. The maximum Gasteiger partial charge on any atom is 0.309 e. The molecule has 1 saturated carbocycles. The van der Waals surface area contributed by atoms with Crippen molar-refractivity contribution in [1.82, 2.24) is 13.8 Å². The summed E-state index contributed by atoms with van der Waals surface area (Å²) in [5.74, 6) is -0.814. The number of hydrogen-bond donors (Lipinski definition) is 0. The highest BCUT2D eigenvalue weighted by atomic mass is 32.1. The zero-order valence-electron chi connectivity index (χ0n) is 15.7. The molecule has 0 radical (unpaired) electrons. The van der Waals surface area contributed by atoms with Gasteiger partial charge in [0, 0.05) is 36.1 Å². The second-order valence-electron chi connectivity index (χ2n) is 7.26. The molecule has 29 heavy (non-hydrogen) atoms. The Balaban J connectivity index is 1.85. The predicted octanol–water partition coefficient (Wildman–Crippen LogP) is 4.22. The molecular formula is C21H16FN3O3S. The summed E-state index contributed by atoms with van der Waals surface area (Å²) in [5.41, 5.74) is 3.04. The normalized spacial score (nSPS) is 13.9. The van der Waals surface area contributed by atoms with E-state index >= 15 is 0 Å². The van der Waals surface area contributed by atoms with Crippen LogP contribution in [-0.2, 0) is 4.79 Å². The van der Waals surface area contributed by atoms with Gasteiger partial charge in [0.2, 0.25) is 5.88 Å². The molecule has 0 N–H and O–H groups in total. The summed E-state index contributed by atoms with van der Waals surface area (Å²) in [7, 11) is 0. The summed E-state index contributed by atoms with van der Waals surface area (Å²) in [5, 5.41) is 0.230. The third-order valence-corrected chi connectivity index (χ3v) is 5.97. The highest BCUT2D eigenvalue weighted by molar-refractivity contribution is 7.13. The third-order valence-electron chi connectivity index (χ3n) is 5.10. The van der Waals surface area contributed by atoms with Crippen molar-refractivity contribution in [1.29, 1.82) is 0 Å². The van der Waals surface area contributed by atoms with Gasteiger partial charge in [-0.15, -0.1) is 0 Å². The molecule has 5 rings (SSSR count). The van der Waals surface area contributed by atoms with Crippen LogP contribution in [0.5, 0.6) is 5.88 Å². The molecule has 0 saturated heterocycles. The van der Waals surface area contributed by atoms with E-state index in [1.807, 2.05) is 19.1 Å². The molecule has 1 aliphatic rings. The van der Waals surface area contributed by atoms with Crippen molar-refractivity contribution in [2.24, 2.45) is 0 Å². The summed E-state index contributed by atoms with van der Waals surface area (Å²) < 4.78 is 26.3. The van der Waals surface area contributed by atoms with Crippen molar-refractivity contribution in [3.8, 4) is 17.0 Å². The van der Waals surface area contributed by atoms with E-state index in [0.717, 1.165) is 35.6 Å². The number of carbonyl (C=O) groups is 1. The zero-order valence-corrected chi connectivity index (χ0v) is 16.5. The smallest absolute Gasteiger partial charge is 0.309 e. The van der Waals surface area contributed by atoms with Crippen LogP contribution in [0.2, 0.25) is 0 Å². The lowest BCUT2D eigenvalue weighted by molar-refractivity contribution is -0.132. The van der Waals surface area contributed by atoms with Crippen LogP contribution in [-0.4, -0.2) is 19.7 Å². The fourth-order valence-corrected chi connectivity index (χ4v) is 4.55. The van der Waals surface area contributed by atoms with E-state index in [1.165, 1.54) is 17.5 Å². The Morgan fingerprint density at radius 1 is 1.34 bits per heavy atom. The van der Waals surface area contributed by atoms with Crippen molar-refractivity contribution < 1.29 is 13.9 Å². The Labute approximate surface area is 168 Å². The van der Waals surface area contributed by atoms with Gasteiger partial charge in [0.25, 0.3) is 5.56 Å². The Kier molecular flexibility index (Phi) is 3.99. The van der Waals surface area contributed by atoms with Crippen molar-refractivity contribution >= 4 is 33.1 Å². The Morgan fingerprint density at radius 2 is 2.14 bits per heavy atom. The highest BCUT2D eigenvalue weighted by Crippen LogP contribution is 2.47. The maximum atomic E-state index is 15.0. The molecule has 0 spiro atoms. The lowest BCUT2D eigenvalue weighted by atomic mass is 10.0. The number of nitrogens with zero attached hydrogens (tertiary/aromatic N) is 3. The molecule has 4 aromatic rings. The number of hydrogen-bond acceptors (Lipinski definition) is 6. The first-order chi connectivity index (χ1) is 13.9. The van der Waals surface area contributed by atoms with Crippen LogP contribution in [0.25, 0.3) is 26.7 Å². The minimum Gasteiger partial charge on any atom is -0.406 e. The molecule has 8 heteroatoms. The average Bonchev–Trinajstić information content (AvgIpc) is 3.43. The van der Waals surface area contributed by atoms with Gasteiger partial charge in [-0.1, -0.05) is 6.07 Å². The van der Waals surface area contributed by atoms with Crippen LogP contribution < -0.4 is 10.3 Å². The second kappa shape index (κ2) is 6.45. The van der Waals surface area contributed by atoms with E-state index in [-0.39, 0.29) is 17.2 Å². The largest absolute Gasteiger partial charge is 0.406 e. The molecule has 4 aromatic heterocycles. The minimum absolute atomic E-state index is 0.00832. The summed E-state index contributed by atoms with van der Waals surface area (Å²) in [6.07, 6.45) is 4.81. The molecule has 146 valence electrons. The first kappa shape index (κ1) is 17.9. The zero-order chi connectivity index (χ0) is 20.3. The van der Waals surface area contributed by atoms with E-state index in [4.69, 9.17) is 4.74 Å². The average molecular weight is 409 g/mol.